The van der Waals surface area contributed by atoms with E-state index in [1.54, 1.807) is 0 Å². The molecule has 1 aromatic rings. The summed E-state index contributed by atoms with van der Waals surface area (Å²) in [6, 6.07) is 6.64. The number of nitrogens with zero attached hydrogens (tertiary/aromatic N) is 1. The summed E-state index contributed by atoms with van der Waals surface area (Å²) in [5.74, 6) is 0. The maximum Gasteiger partial charge on any atom is 0.0412 e. The van der Waals surface area contributed by atoms with Crippen LogP contribution in [0.2, 0.25) is 0 Å². The Morgan fingerprint density at radius 2 is 2.06 bits per heavy atom. The van der Waals surface area contributed by atoms with Crippen molar-refractivity contribution in [3.05, 3.63) is 28.2 Å². The van der Waals surface area contributed by atoms with E-state index in [0.717, 1.165) is 13.1 Å². The van der Waals surface area contributed by atoms with Crippen LogP contribution in [0.15, 0.2) is 22.7 Å². The average Bonchev–Trinajstić information content (AvgIpc) is 2.83. The number of hydrogen-bond acceptors (Lipinski definition) is 2. The fraction of sp³-hybridized carbons (Fsp3) is 0.571. The Morgan fingerprint density at radius 3 is 2.76 bits per heavy atom. The zero-order valence-corrected chi connectivity index (χ0v) is 12.1. The zero-order chi connectivity index (χ0) is 12.1. The van der Waals surface area contributed by atoms with Crippen LogP contribution >= 0.6 is 15.9 Å². The molecule has 1 aromatic carbocycles. The van der Waals surface area contributed by atoms with Gasteiger partial charge in [0.15, 0.2) is 0 Å². The molecule has 1 N–H and O–H groups in total. The molecule has 0 atom stereocenters. The molecule has 0 unspecified atom stereocenters. The van der Waals surface area contributed by atoms with Crippen LogP contribution in [0.3, 0.4) is 0 Å². The van der Waals surface area contributed by atoms with Crippen molar-refractivity contribution in [2.45, 2.75) is 32.7 Å². The van der Waals surface area contributed by atoms with E-state index in [9.17, 15) is 0 Å². The van der Waals surface area contributed by atoms with E-state index in [4.69, 9.17) is 0 Å². The van der Waals surface area contributed by atoms with Gasteiger partial charge < -0.3 is 10.2 Å². The summed E-state index contributed by atoms with van der Waals surface area (Å²) in [6.45, 7) is 6.69. The SMILES string of the molecule is CCCNCc1cc(Br)ccc1N1CCCC1. The summed E-state index contributed by atoms with van der Waals surface area (Å²) in [5, 5.41) is 3.49. The summed E-state index contributed by atoms with van der Waals surface area (Å²) in [5.41, 5.74) is 2.82. The minimum Gasteiger partial charge on any atom is -0.371 e. The molecule has 2 rings (SSSR count). The quantitative estimate of drug-likeness (QED) is 0.836. The van der Waals surface area contributed by atoms with E-state index in [0.29, 0.717) is 0 Å². The van der Waals surface area contributed by atoms with Gasteiger partial charge in [0.1, 0.15) is 0 Å². The Labute approximate surface area is 113 Å². The van der Waals surface area contributed by atoms with Gasteiger partial charge in [-0.3, -0.25) is 0 Å². The molecule has 0 bridgehead atoms. The van der Waals surface area contributed by atoms with Gasteiger partial charge in [0, 0.05) is 29.8 Å². The highest BCUT2D eigenvalue weighted by atomic mass is 79.9. The Bertz CT molecular complexity index is 359. The van der Waals surface area contributed by atoms with Crippen LogP contribution in [-0.4, -0.2) is 19.6 Å². The lowest BCUT2D eigenvalue weighted by molar-refractivity contribution is 0.674. The average molecular weight is 297 g/mol. The highest BCUT2D eigenvalue weighted by Crippen LogP contribution is 2.27. The zero-order valence-electron chi connectivity index (χ0n) is 10.5. The molecule has 0 radical (unpaired) electrons. The maximum atomic E-state index is 3.57. The molecule has 0 saturated carbocycles. The highest BCUT2D eigenvalue weighted by Gasteiger charge is 2.15. The Kier molecular flexibility index (Phi) is 4.86. The molecule has 1 fully saturated rings. The van der Waals surface area contributed by atoms with Gasteiger partial charge in [-0.1, -0.05) is 22.9 Å². The minimum atomic E-state index is 0.971. The molecule has 0 amide bonds. The van der Waals surface area contributed by atoms with E-state index in [1.807, 2.05) is 0 Å². The topological polar surface area (TPSA) is 15.3 Å². The largest absolute Gasteiger partial charge is 0.371 e. The van der Waals surface area contributed by atoms with Crippen molar-refractivity contribution in [3.8, 4) is 0 Å². The number of benzene rings is 1. The second-order valence-electron chi connectivity index (χ2n) is 4.64. The van der Waals surface area contributed by atoms with Gasteiger partial charge in [-0.05, 0) is 49.6 Å². The minimum absolute atomic E-state index is 0.971. The van der Waals surface area contributed by atoms with Crippen LogP contribution in [0.25, 0.3) is 0 Å². The van der Waals surface area contributed by atoms with Crippen LogP contribution in [0.5, 0.6) is 0 Å². The van der Waals surface area contributed by atoms with Crippen molar-refractivity contribution < 1.29 is 0 Å². The summed E-state index contributed by atoms with van der Waals surface area (Å²) >= 11 is 3.57. The normalized spacial score (nSPS) is 15.5. The van der Waals surface area contributed by atoms with E-state index >= 15 is 0 Å². The molecule has 94 valence electrons. The van der Waals surface area contributed by atoms with Crippen LogP contribution in [0.4, 0.5) is 5.69 Å². The van der Waals surface area contributed by atoms with Crippen LogP contribution < -0.4 is 10.2 Å². The molecular formula is C14H21BrN2. The molecule has 0 spiro atoms. The van der Waals surface area contributed by atoms with E-state index in [2.05, 4.69) is 51.3 Å². The maximum absolute atomic E-state index is 3.57. The van der Waals surface area contributed by atoms with Crippen molar-refractivity contribution in [3.63, 3.8) is 0 Å². The Balaban J connectivity index is 2.12. The van der Waals surface area contributed by atoms with Crippen molar-refractivity contribution in [1.29, 1.82) is 0 Å². The van der Waals surface area contributed by atoms with Gasteiger partial charge in [0.05, 0.1) is 0 Å². The van der Waals surface area contributed by atoms with Crippen LogP contribution in [0, 0.1) is 0 Å². The molecule has 1 aliphatic heterocycles. The van der Waals surface area contributed by atoms with Gasteiger partial charge in [0.25, 0.3) is 0 Å². The highest BCUT2D eigenvalue weighted by molar-refractivity contribution is 9.10. The molecule has 1 heterocycles. The van der Waals surface area contributed by atoms with Crippen molar-refractivity contribution in [2.75, 3.05) is 24.5 Å². The number of anilines is 1. The van der Waals surface area contributed by atoms with Gasteiger partial charge in [0.2, 0.25) is 0 Å². The lowest BCUT2D eigenvalue weighted by Crippen LogP contribution is -2.22. The number of halogens is 1. The fourth-order valence-corrected chi connectivity index (χ4v) is 2.77. The van der Waals surface area contributed by atoms with Crippen molar-refractivity contribution >= 4 is 21.6 Å². The first-order valence-corrected chi connectivity index (χ1v) is 7.34. The third kappa shape index (κ3) is 3.46. The van der Waals surface area contributed by atoms with E-state index < -0.39 is 0 Å². The van der Waals surface area contributed by atoms with Gasteiger partial charge in [-0.2, -0.15) is 0 Å². The first-order chi connectivity index (χ1) is 8.31. The van der Waals surface area contributed by atoms with Gasteiger partial charge in [-0.15, -0.1) is 0 Å². The molecule has 2 nitrogen and oxygen atoms in total. The lowest BCUT2D eigenvalue weighted by atomic mass is 10.1. The first-order valence-electron chi connectivity index (χ1n) is 6.55. The Morgan fingerprint density at radius 1 is 1.29 bits per heavy atom. The number of rotatable bonds is 5. The summed E-state index contributed by atoms with van der Waals surface area (Å²) < 4.78 is 1.17. The van der Waals surface area contributed by atoms with Crippen LogP contribution in [0.1, 0.15) is 31.7 Å². The number of hydrogen-bond donors (Lipinski definition) is 1. The monoisotopic (exact) mass is 296 g/mol. The van der Waals surface area contributed by atoms with E-state index in [1.165, 1.54) is 48.1 Å². The summed E-state index contributed by atoms with van der Waals surface area (Å²) in [4.78, 5) is 2.51. The van der Waals surface area contributed by atoms with Gasteiger partial charge in [-0.25, -0.2) is 0 Å². The number of nitrogens with one attached hydrogen (secondary N) is 1. The summed E-state index contributed by atoms with van der Waals surface area (Å²) in [7, 11) is 0. The molecule has 1 aliphatic rings. The standard InChI is InChI=1S/C14H21BrN2/c1-2-7-16-11-12-10-13(15)5-6-14(12)17-8-3-4-9-17/h5-6,10,16H,2-4,7-9,11H2,1H3. The lowest BCUT2D eigenvalue weighted by Gasteiger charge is -2.22. The Hall–Kier alpha value is -0.540. The predicted octanol–water partition coefficient (Wildman–Crippen LogP) is 3.55. The second kappa shape index (κ2) is 6.41. The molecule has 1 saturated heterocycles. The van der Waals surface area contributed by atoms with Gasteiger partial charge >= 0.3 is 0 Å². The smallest absolute Gasteiger partial charge is 0.0412 e. The predicted molar refractivity (Wildman–Crippen MR) is 77.6 cm³/mol. The van der Waals surface area contributed by atoms with E-state index in [-0.39, 0.29) is 0 Å². The summed E-state index contributed by atoms with van der Waals surface area (Å²) in [6.07, 6.45) is 3.85. The molecule has 3 heteroatoms. The third-order valence-electron chi connectivity index (χ3n) is 3.23. The molecule has 17 heavy (non-hydrogen) atoms. The van der Waals surface area contributed by atoms with Crippen molar-refractivity contribution in [1.82, 2.24) is 5.32 Å². The molecular weight excluding hydrogens is 276 g/mol. The first kappa shape index (κ1) is 12.9. The fourth-order valence-electron chi connectivity index (χ4n) is 2.36. The molecule has 0 aliphatic carbocycles. The third-order valence-corrected chi connectivity index (χ3v) is 3.72. The molecule has 0 aromatic heterocycles. The second-order valence-corrected chi connectivity index (χ2v) is 5.56. The van der Waals surface area contributed by atoms with Crippen molar-refractivity contribution in [2.24, 2.45) is 0 Å². The van der Waals surface area contributed by atoms with Crippen LogP contribution in [-0.2, 0) is 6.54 Å².